The molecule has 0 spiro atoms. The molecule has 0 saturated heterocycles. The highest BCUT2D eigenvalue weighted by Crippen LogP contribution is 2.26. The fraction of sp³-hybridized carbons (Fsp3) is 0.636. The van der Waals surface area contributed by atoms with Crippen molar-refractivity contribution in [2.45, 2.75) is 39.1 Å². The highest BCUT2D eigenvalue weighted by atomic mass is 32.1. The van der Waals surface area contributed by atoms with Crippen molar-refractivity contribution in [3.05, 3.63) is 21.4 Å². The summed E-state index contributed by atoms with van der Waals surface area (Å²) in [6.07, 6.45) is -6.88. The first-order valence-corrected chi connectivity index (χ1v) is 6.08. The van der Waals surface area contributed by atoms with Gasteiger partial charge in [-0.2, -0.15) is 13.2 Å². The Morgan fingerprint density at radius 2 is 2.00 bits per heavy atom. The largest absolute Gasteiger partial charge is 0.415 e. The molecule has 0 bridgehead atoms. The van der Waals surface area contributed by atoms with Crippen LogP contribution in [0.5, 0.6) is 0 Å². The van der Waals surface area contributed by atoms with Crippen LogP contribution < -0.4 is 5.32 Å². The van der Waals surface area contributed by atoms with E-state index in [4.69, 9.17) is 5.11 Å². The zero-order valence-corrected chi connectivity index (χ0v) is 10.7. The van der Waals surface area contributed by atoms with Crippen LogP contribution in [0.4, 0.5) is 13.2 Å². The third kappa shape index (κ3) is 3.97. The molecule has 2 N–H and O–H groups in total. The van der Waals surface area contributed by atoms with Crippen molar-refractivity contribution in [2.75, 3.05) is 6.54 Å². The second kappa shape index (κ2) is 5.37. The van der Waals surface area contributed by atoms with Crippen molar-refractivity contribution in [2.24, 2.45) is 0 Å². The molecular weight excluding hydrogens is 251 g/mol. The van der Waals surface area contributed by atoms with Gasteiger partial charge in [-0.05, 0) is 32.4 Å². The van der Waals surface area contributed by atoms with Gasteiger partial charge in [0.05, 0.1) is 0 Å². The van der Waals surface area contributed by atoms with E-state index >= 15 is 0 Å². The van der Waals surface area contributed by atoms with Gasteiger partial charge >= 0.3 is 6.18 Å². The topological polar surface area (TPSA) is 32.3 Å². The molecule has 0 fully saturated rings. The number of thiophene rings is 1. The monoisotopic (exact) mass is 267 g/mol. The SMILES string of the molecule is Cc1cc(C(C)NCC(O)C(F)(F)F)c(C)s1. The predicted octanol–water partition coefficient (Wildman–Crippen LogP) is 2.94. The molecule has 0 aliphatic heterocycles. The number of aliphatic hydroxyl groups is 1. The smallest absolute Gasteiger partial charge is 0.382 e. The standard InChI is InChI=1S/C11H16F3NOS/c1-6-4-9(8(3)17-6)7(2)15-5-10(16)11(12,13)14/h4,7,10,15-16H,5H2,1-3H3. The Balaban J connectivity index is 2.56. The van der Waals surface area contributed by atoms with Gasteiger partial charge in [0.25, 0.3) is 0 Å². The summed E-state index contributed by atoms with van der Waals surface area (Å²) in [6.45, 7) is 5.19. The van der Waals surface area contributed by atoms with Crippen molar-refractivity contribution < 1.29 is 18.3 Å². The van der Waals surface area contributed by atoms with Crippen molar-refractivity contribution in [1.29, 1.82) is 0 Å². The third-order valence-electron chi connectivity index (χ3n) is 2.54. The Bertz CT molecular complexity index is 375. The summed E-state index contributed by atoms with van der Waals surface area (Å²) in [4.78, 5) is 2.21. The Hall–Kier alpha value is -0.590. The number of hydrogen-bond donors (Lipinski definition) is 2. The van der Waals surface area contributed by atoms with Gasteiger partial charge in [0.2, 0.25) is 0 Å². The molecule has 0 aromatic carbocycles. The highest BCUT2D eigenvalue weighted by molar-refractivity contribution is 7.12. The average molecular weight is 267 g/mol. The maximum atomic E-state index is 12.1. The fourth-order valence-electron chi connectivity index (χ4n) is 1.59. The van der Waals surface area contributed by atoms with Crippen LogP contribution in [0.1, 0.15) is 28.3 Å². The lowest BCUT2D eigenvalue weighted by Crippen LogP contribution is -2.39. The molecule has 1 heterocycles. The molecule has 1 aromatic heterocycles. The molecule has 17 heavy (non-hydrogen) atoms. The van der Waals surface area contributed by atoms with Gasteiger partial charge in [0, 0.05) is 22.3 Å². The molecule has 6 heteroatoms. The number of rotatable bonds is 4. The molecular formula is C11H16F3NOS. The van der Waals surface area contributed by atoms with Gasteiger partial charge in [0.15, 0.2) is 6.10 Å². The summed E-state index contributed by atoms with van der Waals surface area (Å²) in [6, 6.07) is 1.76. The molecule has 2 nitrogen and oxygen atoms in total. The van der Waals surface area contributed by atoms with E-state index in [1.165, 1.54) is 0 Å². The summed E-state index contributed by atoms with van der Waals surface area (Å²) in [5.74, 6) is 0. The second-order valence-electron chi connectivity index (χ2n) is 4.06. The third-order valence-corrected chi connectivity index (χ3v) is 3.52. The molecule has 2 unspecified atom stereocenters. The Labute approximate surface area is 102 Å². The maximum absolute atomic E-state index is 12.1. The number of aliphatic hydroxyl groups excluding tert-OH is 1. The van der Waals surface area contributed by atoms with Crippen molar-refractivity contribution >= 4 is 11.3 Å². The number of aryl methyl sites for hydroxylation is 2. The van der Waals surface area contributed by atoms with E-state index in [-0.39, 0.29) is 6.04 Å². The summed E-state index contributed by atoms with van der Waals surface area (Å²) in [5, 5.41) is 11.6. The summed E-state index contributed by atoms with van der Waals surface area (Å²) < 4.78 is 36.3. The van der Waals surface area contributed by atoms with Crippen LogP contribution >= 0.6 is 11.3 Å². The molecule has 0 saturated carbocycles. The Morgan fingerprint density at radius 1 is 1.41 bits per heavy atom. The lowest BCUT2D eigenvalue weighted by molar-refractivity contribution is -0.202. The van der Waals surface area contributed by atoms with E-state index in [2.05, 4.69) is 5.32 Å². The molecule has 2 atom stereocenters. The molecule has 1 rings (SSSR count). The zero-order valence-electron chi connectivity index (χ0n) is 9.93. The van der Waals surface area contributed by atoms with Crippen LogP contribution in [-0.2, 0) is 0 Å². The van der Waals surface area contributed by atoms with Gasteiger partial charge in [-0.15, -0.1) is 11.3 Å². The fourth-order valence-corrected chi connectivity index (χ4v) is 2.62. The molecule has 0 aliphatic carbocycles. The van der Waals surface area contributed by atoms with E-state index in [1.807, 2.05) is 19.9 Å². The van der Waals surface area contributed by atoms with Crippen molar-refractivity contribution in [3.8, 4) is 0 Å². The Morgan fingerprint density at radius 3 is 2.41 bits per heavy atom. The quantitative estimate of drug-likeness (QED) is 0.879. The lowest BCUT2D eigenvalue weighted by Gasteiger charge is -2.19. The van der Waals surface area contributed by atoms with Gasteiger partial charge in [-0.1, -0.05) is 0 Å². The molecule has 0 aliphatic rings. The summed E-state index contributed by atoms with van der Waals surface area (Å²) in [5.41, 5.74) is 0.988. The maximum Gasteiger partial charge on any atom is 0.415 e. The van der Waals surface area contributed by atoms with Gasteiger partial charge in [-0.3, -0.25) is 0 Å². The lowest BCUT2D eigenvalue weighted by atomic mass is 10.1. The number of nitrogens with one attached hydrogen (secondary N) is 1. The van der Waals surface area contributed by atoms with E-state index in [0.717, 1.165) is 15.3 Å². The second-order valence-corrected chi connectivity index (χ2v) is 5.52. The van der Waals surface area contributed by atoms with E-state index < -0.39 is 18.8 Å². The first-order chi connectivity index (χ1) is 7.71. The minimum atomic E-state index is -4.56. The summed E-state index contributed by atoms with van der Waals surface area (Å²) in [7, 11) is 0. The van der Waals surface area contributed by atoms with Crippen LogP contribution in [0.2, 0.25) is 0 Å². The first-order valence-electron chi connectivity index (χ1n) is 5.27. The number of halogens is 3. The summed E-state index contributed by atoms with van der Waals surface area (Å²) >= 11 is 1.61. The number of alkyl halides is 3. The van der Waals surface area contributed by atoms with E-state index in [9.17, 15) is 13.2 Å². The minimum absolute atomic E-state index is 0.197. The van der Waals surface area contributed by atoms with Crippen LogP contribution in [0, 0.1) is 13.8 Å². The minimum Gasteiger partial charge on any atom is -0.382 e. The first kappa shape index (κ1) is 14.5. The van der Waals surface area contributed by atoms with Crippen molar-refractivity contribution in [3.63, 3.8) is 0 Å². The van der Waals surface area contributed by atoms with Crippen LogP contribution in [0.15, 0.2) is 6.07 Å². The molecule has 98 valence electrons. The molecule has 0 radical (unpaired) electrons. The molecule has 0 amide bonds. The zero-order chi connectivity index (χ0) is 13.2. The van der Waals surface area contributed by atoms with Gasteiger partial charge < -0.3 is 10.4 Å². The normalized spacial score (nSPS) is 15.9. The van der Waals surface area contributed by atoms with Crippen LogP contribution in [0.3, 0.4) is 0 Å². The van der Waals surface area contributed by atoms with Gasteiger partial charge in [0.1, 0.15) is 0 Å². The molecule has 1 aromatic rings. The van der Waals surface area contributed by atoms with E-state index in [1.54, 1.807) is 18.3 Å². The highest BCUT2D eigenvalue weighted by Gasteiger charge is 2.38. The average Bonchev–Trinajstić information content (AvgIpc) is 2.52. The number of hydrogen-bond acceptors (Lipinski definition) is 3. The van der Waals surface area contributed by atoms with Crippen LogP contribution in [-0.4, -0.2) is 23.9 Å². The predicted molar refractivity (Wildman–Crippen MR) is 62.3 cm³/mol. The van der Waals surface area contributed by atoms with Crippen LogP contribution in [0.25, 0.3) is 0 Å². The Kier molecular flexibility index (Phi) is 4.57. The van der Waals surface area contributed by atoms with Gasteiger partial charge in [-0.25, -0.2) is 0 Å². The van der Waals surface area contributed by atoms with Crippen molar-refractivity contribution in [1.82, 2.24) is 5.32 Å². The van der Waals surface area contributed by atoms with E-state index in [0.29, 0.717) is 0 Å².